The first-order valence-corrected chi connectivity index (χ1v) is 8.55. The van der Waals surface area contributed by atoms with Crippen molar-refractivity contribution in [1.29, 1.82) is 0 Å². The molecular weight excluding hydrogens is 347 g/mol. The molecule has 2 aromatic heterocycles. The lowest BCUT2D eigenvalue weighted by Gasteiger charge is -2.13. The summed E-state index contributed by atoms with van der Waals surface area (Å²) in [6.45, 7) is 1.96. The van der Waals surface area contributed by atoms with Crippen molar-refractivity contribution in [3.05, 3.63) is 34.2 Å². The minimum absolute atomic E-state index is 0.00836. The van der Waals surface area contributed by atoms with E-state index < -0.39 is 17.6 Å². The van der Waals surface area contributed by atoms with Gasteiger partial charge in [-0.2, -0.15) is 24.5 Å². The van der Waals surface area contributed by atoms with Crippen molar-refractivity contribution >= 4 is 40.5 Å². The monoisotopic (exact) mass is 361 g/mol. The minimum atomic E-state index is -4.52. The molecule has 23 heavy (non-hydrogen) atoms. The Morgan fingerprint density at radius 1 is 1.39 bits per heavy atom. The van der Waals surface area contributed by atoms with Gasteiger partial charge in [-0.1, -0.05) is 6.92 Å². The van der Waals surface area contributed by atoms with Gasteiger partial charge in [0.1, 0.15) is 5.82 Å². The molecular formula is C14H14F3N3OS2. The van der Waals surface area contributed by atoms with Crippen LogP contribution in [-0.4, -0.2) is 23.7 Å². The van der Waals surface area contributed by atoms with Gasteiger partial charge >= 0.3 is 6.18 Å². The van der Waals surface area contributed by atoms with Gasteiger partial charge in [0, 0.05) is 28.9 Å². The van der Waals surface area contributed by atoms with E-state index in [4.69, 9.17) is 0 Å². The van der Waals surface area contributed by atoms with E-state index >= 15 is 0 Å². The summed E-state index contributed by atoms with van der Waals surface area (Å²) in [7, 11) is 1.52. The molecule has 0 unspecified atom stereocenters. The Morgan fingerprint density at radius 2 is 2.13 bits per heavy atom. The fourth-order valence-electron chi connectivity index (χ4n) is 1.82. The summed E-state index contributed by atoms with van der Waals surface area (Å²) >= 11 is 2.87. The van der Waals surface area contributed by atoms with E-state index in [9.17, 15) is 18.0 Å². The van der Waals surface area contributed by atoms with Crippen LogP contribution in [0, 0.1) is 0 Å². The highest BCUT2D eigenvalue weighted by atomic mass is 32.2. The van der Waals surface area contributed by atoms with Gasteiger partial charge in [-0.05, 0) is 11.8 Å². The fraction of sp³-hybridized carbons (Fsp3) is 0.286. The second-order valence-electron chi connectivity index (χ2n) is 4.40. The van der Waals surface area contributed by atoms with Crippen molar-refractivity contribution in [2.24, 2.45) is 0 Å². The number of thioether (sulfide) groups is 1. The summed E-state index contributed by atoms with van der Waals surface area (Å²) in [5.74, 6) is 0.510. The zero-order chi connectivity index (χ0) is 17.0. The Kier molecular flexibility index (Phi) is 5.53. The number of hydrogen-bond donors (Lipinski definition) is 2. The maximum absolute atomic E-state index is 12.8. The number of thiophene rings is 1. The van der Waals surface area contributed by atoms with E-state index in [0.29, 0.717) is 5.56 Å². The molecule has 0 aliphatic heterocycles. The zero-order valence-electron chi connectivity index (χ0n) is 12.3. The Labute approximate surface area is 139 Å². The van der Waals surface area contributed by atoms with Gasteiger partial charge in [-0.3, -0.25) is 4.79 Å². The summed E-state index contributed by atoms with van der Waals surface area (Å²) in [6, 6.07) is 0.871. The van der Waals surface area contributed by atoms with Crippen LogP contribution in [0.2, 0.25) is 0 Å². The molecule has 0 bridgehead atoms. The molecule has 0 radical (unpaired) electrons. The first-order valence-electron chi connectivity index (χ1n) is 6.62. The Hall–Kier alpha value is -1.74. The van der Waals surface area contributed by atoms with Crippen LogP contribution >= 0.6 is 23.1 Å². The number of pyridine rings is 1. The summed E-state index contributed by atoms with van der Waals surface area (Å²) in [4.78, 5) is 16.9. The molecule has 9 heteroatoms. The predicted octanol–water partition coefficient (Wildman–Crippen LogP) is 4.57. The van der Waals surface area contributed by atoms with E-state index in [0.717, 1.165) is 22.9 Å². The molecule has 4 nitrogen and oxygen atoms in total. The molecule has 0 aliphatic rings. The first kappa shape index (κ1) is 17.6. The number of alkyl halides is 3. The number of aromatic nitrogens is 1. The van der Waals surface area contributed by atoms with Crippen molar-refractivity contribution in [2.75, 3.05) is 23.4 Å². The van der Waals surface area contributed by atoms with Gasteiger partial charge < -0.3 is 10.6 Å². The van der Waals surface area contributed by atoms with Gasteiger partial charge in [0.15, 0.2) is 0 Å². The predicted molar refractivity (Wildman–Crippen MR) is 87.5 cm³/mol. The van der Waals surface area contributed by atoms with Gasteiger partial charge in [0.2, 0.25) is 0 Å². The highest BCUT2D eigenvalue weighted by Crippen LogP contribution is 2.33. The third kappa shape index (κ3) is 4.17. The second-order valence-corrected chi connectivity index (χ2v) is 6.45. The van der Waals surface area contributed by atoms with Gasteiger partial charge in [-0.25, -0.2) is 4.98 Å². The smallest absolute Gasteiger partial charge is 0.371 e. The average molecular weight is 361 g/mol. The van der Waals surface area contributed by atoms with Gasteiger partial charge in [0.05, 0.1) is 16.8 Å². The summed E-state index contributed by atoms with van der Waals surface area (Å²) < 4.78 is 38.4. The first-order chi connectivity index (χ1) is 10.9. The van der Waals surface area contributed by atoms with Crippen molar-refractivity contribution < 1.29 is 18.0 Å². The molecule has 0 aliphatic carbocycles. The van der Waals surface area contributed by atoms with E-state index in [1.165, 1.54) is 30.1 Å². The molecule has 0 fully saturated rings. The van der Waals surface area contributed by atoms with Crippen molar-refractivity contribution in [3.8, 4) is 0 Å². The van der Waals surface area contributed by atoms with Crippen LogP contribution in [0.25, 0.3) is 0 Å². The molecule has 2 N–H and O–H groups in total. The molecule has 2 heterocycles. The molecule has 0 spiro atoms. The molecule has 0 saturated heterocycles. The number of rotatable bonds is 5. The zero-order valence-corrected chi connectivity index (χ0v) is 14.0. The molecule has 124 valence electrons. The molecule has 1 amide bonds. The molecule has 0 saturated carbocycles. The number of halogens is 3. The topological polar surface area (TPSA) is 54.0 Å². The van der Waals surface area contributed by atoms with Crippen LogP contribution in [0.3, 0.4) is 0 Å². The second kappa shape index (κ2) is 7.22. The van der Waals surface area contributed by atoms with Crippen LogP contribution in [0.4, 0.5) is 24.7 Å². The number of hydrogen-bond acceptors (Lipinski definition) is 5. The van der Waals surface area contributed by atoms with E-state index in [2.05, 4.69) is 15.6 Å². The van der Waals surface area contributed by atoms with E-state index in [1.54, 1.807) is 5.38 Å². The number of amides is 1. The number of anilines is 2. The molecule has 0 atom stereocenters. The SMILES string of the molecule is CCSc1cscc1C(=O)Nc1cc(C(F)(F)F)cnc1NC. The van der Waals surface area contributed by atoms with E-state index in [-0.39, 0.29) is 11.5 Å². The lowest BCUT2D eigenvalue weighted by Crippen LogP contribution is -2.15. The van der Waals surface area contributed by atoms with E-state index in [1.807, 2.05) is 12.3 Å². The summed E-state index contributed by atoms with van der Waals surface area (Å²) in [5.41, 5.74) is -0.479. The third-order valence-corrected chi connectivity index (χ3v) is 4.70. The highest BCUT2D eigenvalue weighted by Gasteiger charge is 2.32. The van der Waals surface area contributed by atoms with Crippen LogP contribution in [0.15, 0.2) is 27.9 Å². The van der Waals surface area contributed by atoms with Crippen LogP contribution in [0.1, 0.15) is 22.8 Å². The van der Waals surface area contributed by atoms with Gasteiger partial charge in [-0.15, -0.1) is 11.8 Å². The highest BCUT2D eigenvalue weighted by molar-refractivity contribution is 7.99. The van der Waals surface area contributed by atoms with Crippen molar-refractivity contribution in [3.63, 3.8) is 0 Å². The van der Waals surface area contributed by atoms with Crippen LogP contribution < -0.4 is 10.6 Å². The Balaban J connectivity index is 2.31. The summed E-state index contributed by atoms with van der Waals surface area (Å²) in [5, 5.41) is 8.69. The fourth-order valence-corrected chi connectivity index (χ4v) is 3.64. The Morgan fingerprint density at radius 3 is 2.74 bits per heavy atom. The molecule has 2 aromatic rings. The lowest BCUT2D eigenvalue weighted by atomic mass is 10.2. The third-order valence-electron chi connectivity index (χ3n) is 2.87. The average Bonchev–Trinajstić information content (AvgIpc) is 2.95. The van der Waals surface area contributed by atoms with Crippen molar-refractivity contribution in [1.82, 2.24) is 4.98 Å². The van der Waals surface area contributed by atoms with Crippen molar-refractivity contribution in [2.45, 2.75) is 18.0 Å². The standard InChI is InChI=1S/C14H14F3N3OS2/c1-3-23-11-7-22-6-9(11)13(21)20-10-4-8(14(15,16)17)5-19-12(10)18-2/h4-7H,3H2,1-2H3,(H,18,19)(H,20,21). The number of carbonyl (C=O) groups excluding carboxylic acids is 1. The number of nitrogens with one attached hydrogen (secondary N) is 2. The minimum Gasteiger partial charge on any atom is -0.371 e. The maximum Gasteiger partial charge on any atom is 0.417 e. The number of nitrogens with zero attached hydrogens (tertiary/aromatic N) is 1. The lowest BCUT2D eigenvalue weighted by molar-refractivity contribution is -0.137. The maximum atomic E-state index is 12.8. The molecule has 2 rings (SSSR count). The van der Waals surface area contributed by atoms with Gasteiger partial charge in [0.25, 0.3) is 5.91 Å². The largest absolute Gasteiger partial charge is 0.417 e. The van der Waals surface area contributed by atoms with Crippen LogP contribution in [-0.2, 0) is 6.18 Å². The normalized spacial score (nSPS) is 11.3. The molecule has 0 aromatic carbocycles. The van der Waals surface area contributed by atoms with Crippen LogP contribution in [0.5, 0.6) is 0 Å². The summed E-state index contributed by atoms with van der Waals surface area (Å²) in [6.07, 6.45) is -3.80. The number of carbonyl (C=O) groups is 1. The quantitative estimate of drug-likeness (QED) is 0.766. The Bertz CT molecular complexity index is 701.